The summed E-state index contributed by atoms with van der Waals surface area (Å²) in [5.74, 6) is -1.99. The van der Waals surface area contributed by atoms with Gasteiger partial charge in [-0.1, -0.05) is 49.6 Å². The third kappa shape index (κ3) is 24.9. The summed E-state index contributed by atoms with van der Waals surface area (Å²) in [6.45, 7) is 10.6. The number of thioether (sulfide) groups is 1. The SMILES string of the molecule is Cc1ccc(CCCC(=O)NCCCCC(CSC2CC(=O)N(CC(C)C(=O)N3CCC(CCCCOc4ccc5nccc(C(=O)CCC(=O)N6CC(C)(F)C[C@@H]6C#N)c5c4)CC3)C2=O)CC(=O)CN2CCN(COC=O)CCN(COC=O)CCN(CC(=O)O)CC2)cc1. The normalized spacial score (nSPS) is 20.4. The summed E-state index contributed by atoms with van der Waals surface area (Å²) >= 11 is 1.35. The minimum Gasteiger partial charge on any atom is -0.494 e. The molecule has 2 N–H and O–H groups in total. The predicted molar refractivity (Wildman–Crippen MR) is 358 cm³/mol. The number of nitrogens with one attached hydrogen (secondary N) is 1. The lowest BCUT2D eigenvalue weighted by Gasteiger charge is -2.34. The van der Waals surface area contributed by atoms with E-state index in [1.54, 1.807) is 36.1 Å². The number of carbonyl (C=O) groups is 10. The van der Waals surface area contributed by atoms with Crippen molar-refractivity contribution >= 4 is 82.7 Å². The molecule has 0 saturated carbocycles. The Hall–Kier alpha value is -7.44. The van der Waals surface area contributed by atoms with E-state index in [-0.39, 0.29) is 113 Å². The van der Waals surface area contributed by atoms with Gasteiger partial charge >= 0.3 is 5.97 Å². The Morgan fingerprint density at radius 3 is 2.16 bits per heavy atom. The van der Waals surface area contributed by atoms with Gasteiger partial charge in [0.05, 0.1) is 49.0 Å². The predicted octanol–water partition coefficient (Wildman–Crippen LogP) is 6.10. The van der Waals surface area contributed by atoms with Crippen molar-refractivity contribution in [3.63, 3.8) is 0 Å². The van der Waals surface area contributed by atoms with E-state index in [1.807, 2.05) is 32.6 Å². The summed E-state index contributed by atoms with van der Waals surface area (Å²) in [4.78, 5) is 145. The fraction of sp³-hybridized carbons (Fsp3) is 0.629. The number of ether oxygens (including phenoxy) is 3. The van der Waals surface area contributed by atoms with Crippen molar-refractivity contribution < 1.29 is 71.7 Å². The first-order valence-corrected chi connectivity index (χ1v) is 35.0. The summed E-state index contributed by atoms with van der Waals surface area (Å²) in [6.07, 6.45) is 9.56. The lowest BCUT2D eigenvalue weighted by molar-refractivity contribution is -0.143. The second-order valence-electron chi connectivity index (χ2n) is 26.4. The maximum Gasteiger partial charge on any atom is 0.317 e. The molecule has 4 aliphatic rings. The van der Waals surface area contributed by atoms with Crippen molar-refractivity contribution in [2.45, 2.75) is 140 Å². The van der Waals surface area contributed by atoms with E-state index in [9.17, 15) is 62.7 Å². The number of imide groups is 1. The van der Waals surface area contributed by atoms with Crippen LogP contribution in [0.2, 0.25) is 0 Å². The second kappa shape index (κ2) is 39.1. The molecule has 7 rings (SSSR count). The van der Waals surface area contributed by atoms with Crippen LogP contribution in [0.15, 0.2) is 54.7 Å². The van der Waals surface area contributed by atoms with Crippen molar-refractivity contribution in [1.82, 2.24) is 44.6 Å². The first kappa shape index (κ1) is 75.9. The molecule has 4 saturated heterocycles. The van der Waals surface area contributed by atoms with Crippen LogP contribution in [0.1, 0.15) is 132 Å². The van der Waals surface area contributed by atoms with Gasteiger partial charge in [-0.15, -0.1) is 11.8 Å². The Balaban J connectivity index is 0.863. The third-order valence-corrected chi connectivity index (χ3v) is 20.0. The third-order valence-electron chi connectivity index (χ3n) is 18.6. The van der Waals surface area contributed by atoms with Gasteiger partial charge < -0.3 is 34.4 Å². The van der Waals surface area contributed by atoms with E-state index >= 15 is 0 Å². The Bertz CT molecular complexity index is 3150. The van der Waals surface area contributed by atoms with Gasteiger partial charge in [-0.3, -0.25) is 77.4 Å². The molecule has 96 heavy (non-hydrogen) atoms. The highest BCUT2D eigenvalue weighted by atomic mass is 32.2. The van der Waals surface area contributed by atoms with Crippen LogP contribution in [0.25, 0.3) is 10.9 Å². The van der Waals surface area contributed by atoms with Gasteiger partial charge in [0.1, 0.15) is 36.7 Å². The molecule has 24 nitrogen and oxygen atoms in total. The molecule has 0 spiro atoms. The van der Waals surface area contributed by atoms with Gasteiger partial charge in [0.25, 0.3) is 12.9 Å². The number of rotatable bonds is 37. The smallest absolute Gasteiger partial charge is 0.317 e. The molecule has 2 aromatic carbocycles. The highest BCUT2D eigenvalue weighted by molar-refractivity contribution is 8.00. The minimum atomic E-state index is -1.65. The number of Topliss-reactive ketones (excluding diaryl/α,β-unsaturated/α-hetero) is 2. The molecule has 0 bridgehead atoms. The number of carbonyl (C=O) groups excluding carboxylic acids is 9. The number of benzene rings is 2. The summed E-state index contributed by atoms with van der Waals surface area (Å²) in [5, 5.41) is 22.2. The van der Waals surface area contributed by atoms with Gasteiger partial charge in [-0.2, -0.15) is 5.26 Å². The number of ketones is 2. The van der Waals surface area contributed by atoms with E-state index in [2.05, 4.69) is 34.6 Å². The summed E-state index contributed by atoms with van der Waals surface area (Å²) in [7, 11) is 0. The van der Waals surface area contributed by atoms with Crippen LogP contribution >= 0.6 is 11.8 Å². The van der Waals surface area contributed by atoms with Crippen molar-refractivity contribution in [2.75, 3.05) is 124 Å². The number of amides is 5. The molecule has 0 aliphatic carbocycles. The zero-order chi connectivity index (χ0) is 69.0. The first-order valence-electron chi connectivity index (χ1n) is 33.9. The Morgan fingerprint density at radius 1 is 0.833 bits per heavy atom. The number of alkyl halides is 1. The number of piperidine rings is 1. The highest BCUT2D eigenvalue weighted by Gasteiger charge is 2.44. The van der Waals surface area contributed by atoms with Crippen molar-refractivity contribution in [1.29, 1.82) is 5.26 Å². The number of fused-ring (bicyclic) bond motifs is 1. The molecule has 5 atom stereocenters. The summed E-state index contributed by atoms with van der Waals surface area (Å²) < 4.78 is 30.9. The molecule has 26 heteroatoms. The van der Waals surface area contributed by atoms with Gasteiger partial charge in [0, 0.05) is 134 Å². The lowest BCUT2D eigenvalue weighted by atomic mass is 9.91. The average molecular weight is 1350 g/mol. The number of aryl methyl sites for hydroxylation is 2. The van der Waals surface area contributed by atoms with Crippen molar-refractivity contribution in [3.05, 3.63) is 71.4 Å². The number of pyridine rings is 1. The second-order valence-corrected chi connectivity index (χ2v) is 27.6. The molecule has 4 fully saturated rings. The number of hydrogen-bond donors (Lipinski definition) is 2. The van der Waals surface area contributed by atoms with Crippen LogP contribution in [0, 0.1) is 36.0 Å². The largest absolute Gasteiger partial charge is 0.494 e. The van der Waals surface area contributed by atoms with Crippen molar-refractivity contribution in [2.24, 2.45) is 17.8 Å². The van der Waals surface area contributed by atoms with Crippen LogP contribution in [0.4, 0.5) is 4.39 Å². The molecular weight excluding hydrogens is 1260 g/mol. The zero-order valence-corrected chi connectivity index (χ0v) is 56.9. The van der Waals surface area contributed by atoms with Gasteiger partial charge in [-0.25, -0.2) is 4.39 Å². The molecule has 1 aromatic heterocycles. The number of nitriles is 1. The number of aromatic nitrogens is 1. The van der Waals surface area contributed by atoms with Crippen molar-refractivity contribution in [3.8, 4) is 11.8 Å². The molecule has 3 aromatic rings. The fourth-order valence-electron chi connectivity index (χ4n) is 13.0. The number of aliphatic carboxylic acids is 1. The van der Waals surface area contributed by atoms with E-state index < -0.39 is 34.8 Å². The van der Waals surface area contributed by atoms with Crippen LogP contribution in [0.3, 0.4) is 0 Å². The zero-order valence-electron chi connectivity index (χ0n) is 56.1. The van der Waals surface area contributed by atoms with E-state index in [4.69, 9.17) is 14.2 Å². The summed E-state index contributed by atoms with van der Waals surface area (Å²) in [5.41, 5.74) is 1.70. The van der Waals surface area contributed by atoms with E-state index in [0.29, 0.717) is 151 Å². The van der Waals surface area contributed by atoms with E-state index in [1.165, 1.54) is 45.8 Å². The maximum absolute atomic E-state index is 14.6. The quantitative estimate of drug-likeness (QED) is 0.0285. The topological polar surface area (TPSA) is 290 Å². The number of likely N-dealkylation sites (tertiary alicyclic amines) is 3. The van der Waals surface area contributed by atoms with Gasteiger partial charge in [0.2, 0.25) is 29.5 Å². The molecule has 5 heterocycles. The lowest BCUT2D eigenvalue weighted by Crippen LogP contribution is -2.48. The monoisotopic (exact) mass is 1350 g/mol. The number of carboxylic acids is 1. The molecular formula is C70H97FN10O14S. The van der Waals surface area contributed by atoms with Crippen LogP contribution < -0.4 is 10.1 Å². The number of carboxylic acid groups (broad SMARTS) is 1. The maximum atomic E-state index is 14.6. The number of hydrogen-bond acceptors (Lipinski definition) is 20. The number of unbranched alkanes of at least 4 members (excludes halogenated alkanes) is 2. The molecule has 4 unspecified atom stereocenters. The standard InChI is InChI=1S/C70H97FN10O14S/c1-51-13-15-53(16-14-51)11-8-12-64(86)74-24-6-4-10-55(37-57(84)43-75-28-29-76(44-67(89)90)31-33-78(48-94-50-83)35-34-77(32-30-75)47-93-49-82)45-96-63-39-66(88)80(69(63)92)42-52(2)68(91)79-26-22-54(23-27-79)9-5-7-36-95-58-17-18-61-60(38-58)59(21-25-73-61)62(85)19-20-65(87)81-46-70(3,71)40-56(81)41-72/h13-18,21,25,38,49-50,52,54-56,63H,4-12,19-20,22-24,26-37,39-40,42-48H2,1-3H3,(H,74,86)(H,89,90)/t52?,55?,56-,63?,70?/m1/s1. The van der Waals surface area contributed by atoms with Crippen LogP contribution in [-0.2, 0) is 59.0 Å². The first-order chi connectivity index (χ1) is 46.2. The van der Waals surface area contributed by atoms with Gasteiger partial charge in [0.15, 0.2) is 5.78 Å². The molecule has 524 valence electrons. The number of nitrogens with zero attached hydrogens (tertiary/aromatic N) is 9. The highest BCUT2D eigenvalue weighted by Crippen LogP contribution is 2.33. The fourth-order valence-corrected chi connectivity index (χ4v) is 14.3. The molecule has 4 aliphatic heterocycles. The number of halogens is 1. The minimum absolute atomic E-state index is 0.000461. The van der Waals surface area contributed by atoms with Gasteiger partial charge in [-0.05, 0) is 113 Å². The molecule has 0 radical (unpaired) electrons. The Kier molecular flexibility index (Phi) is 30.9. The van der Waals surface area contributed by atoms with Crippen LogP contribution in [0.5, 0.6) is 5.75 Å². The average Bonchev–Trinajstić information content (AvgIpc) is 1.02. The van der Waals surface area contributed by atoms with E-state index in [0.717, 1.165) is 44.9 Å². The Morgan fingerprint density at radius 2 is 1.50 bits per heavy atom. The van der Waals surface area contributed by atoms with Crippen LogP contribution in [-0.4, -0.2) is 245 Å². The Labute approximate surface area is 567 Å². The molecule has 5 amide bonds. The summed E-state index contributed by atoms with van der Waals surface area (Å²) in [6, 6.07) is 16.4.